The second kappa shape index (κ2) is 4.28. The van der Waals surface area contributed by atoms with E-state index in [0.29, 0.717) is 16.8 Å². The Bertz CT molecular complexity index is 583. The van der Waals surface area contributed by atoms with Gasteiger partial charge in [0.15, 0.2) is 0 Å². The van der Waals surface area contributed by atoms with E-state index in [4.69, 9.17) is 11.7 Å². The molecule has 0 amide bonds. The summed E-state index contributed by atoms with van der Waals surface area (Å²) < 4.78 is 0. The fourth-order valence-electron chi connectivity index (χ4n) is 1.77. The van der Waals surface area contributed by atoms with Crippen molar-refractivity contribution in [3.05, 3.63) is 35.9 Å². The molecule has 0 fully saturated rings. The van der Waals surface area contributed by atoms with Gasteiger partial charge in [-0.3, -0.25) is 11.7 Å². The Morgan fingerprint density at radius 2 is 1.88 bits per heavy atom. The summed E-state index contributed by atoms with van der Waals surface area (Å²) in [5.41, 5.74) is 6.12. The number of hydrazine groups is 2. The van der Waals surface area contributed by atoms with Gasteiger partial charge in [0, 0.05) is 5.69 Å². The van der Waals surface area contributed by atoms with E-state index in [2.05, 4.69) is 10.9 Å². The van der Waals surface area contributed by atoms with Crippen LogP contribution in [0, 0.1) is 0 Å². The van der Waals surface area contributed by atoms with Crippen LogP contribution in [0.5, 0.6) is 0 Å². The number of fused-ring (bicyclic) bond motifs is 1. The molecule has 7 N–H and O–H groups in total. The predicted molar refractivity (Wildman–Crippen MR) is 66.5 cm³/mol. The standard InChI is InChI=1S/C11H12N4O2/c12-14-7-2-3-8-6(5-7)1-4-9(15-13)10(8)11(16)17/h1-5,14-15H,12-13H2,(H,16,17). The first kappa shape index (κ1) is 11.2. The molecule has 0 heterocycles. The number of nitrogen functional groups attached to an aromatic ring is 2. The van der Waals surface area contributed by atoms with Crippen LogP contribution >= 0.6 is 0 Å². The maximum absolute atomic E-state index is 11.2. The molecule has 0 aromatic heterocycles. The monoisotopic (exact) mass is 232 g/mol. The van der Waals surface area contributed by atoms with E-state index >= 15 is 0 Å². The fraction of sp³-hybridized carbons (Fsp3) is 0. The molecule has 2 rings (SSSR count). The van der Waals surface area contributed by atoms with Crippen molar-refractivity contribution >= 4 is 28.1 Å². The van der Waals surface area contributed by atoms with Crippen molar-refractivity contribution in [3.63, 3.8) is 0 Å². The minimum absolute atomic E-state index is 0.147. The largest absolute Gasteiger partial charge is 0.478 e. The van der Waals surface area contributed by atoms with Gasteiger partial charge in [0.05, 0.1) is 11.3 Å². The summed E-state index contributed by atoms with van der Waals surface area (Å²) >= 11 is 0. The molecule has 0 aliphatic heterocycles. The Labute approximate surface area is 97.2 Å². The molecule has 0 atom stereocenters. The normalized spacial score (nSPS) is 10.2. The molecule has 6 heteroatoms. The van der Waals surface area contributed by atoms with Gasteiger partial charge in [-0.25, -0.2) is 4.79 Å². The van der Waals surface area contributed by atoms with Gasteiger partial charge < -0.3 is 16.0 Å². The van der Waals surface area contributed by atoms with Crippen LogP contribution in [-0.4, -0.2) is 11.1 Å². The Kier molecular flexibility index (Phi) is 2.82. The molecule has 2 aromatic carbocycles. The van der Waals surface area contributed by atoms with Gasteiger partial charge in [0.1, 0.15) is 0 Å². The summed E-state index contributed by atoms with van der Waals surface area (Å²) in [6.45, 7) is 0. The van der Waals surface area contributed by atoms with Gasteiger partial charge in [-0.05, 0) is 29.0 Å². The summed E-state index contributed by atoms with van der Waals surface area (Å²) in [5, 5.41) is 10.6. The van der Waals surface area contributed by atoms with E-state index in [1.807, 2.05) is 0 Å². The molecule has 0 radical (unpaired) electrons. The topological polar surface area (TPSA) is 113 Å². The van der Waals surface area contributed by atoms with E-state index in [0.717, 1.165) is 5.39 Å². The highest BCUT2D eigenvalue weighted by molar-refractivity contribution is 6.09. The average Bonchev–Trinajstić information content (AvgIpc) is 2.36. The van der Waals surface area contributed by atoms with Crippen molar-refractivity contribution in [1.29, 1.82) is 0 Å². The van der Waals surface area contributed by atoms with Gasteiger partial charge in [-0.1, -0.05) is 12.1 Å². The van der Waals surface area contributed by atoms with E-state index in [1.54, 1.807) is 30.3 Å². The Balaban J connectivity index is 2.77. The second-order valence-electron chi connectivity index (χ2n) is 3.52. The van der Waals surface area contributed by atoms with Crippen LogP contribution < -0.4 is 22.5 Å². The number of nitrogens with one attached hydrogen (secondary N) is 2. The molecule has 0 bridgehead atoms. The number of nitrogens with two attached hydrogens (primary N) is 2. The highest BCUT2D eigenvalue weighted by Gasteiger charge is 2.13. The number of carbonyl (C=O) groups is 1. The van der Waals surface area contributed by atoms with Crippen molar-refractivity contribution in [2.75, 3.05) is 10.9 Å². The van der Waals surface area contributed by atoms with Crippen LogP contribution in [0.25, 0.3) is 10.8 Å². The molecule has 0 saturated heterocycles. The van der Waals surface area contributed by atoms with Crippen LogP contribution in [0.3, 0.4) is 0 Å². The second-order valence-corrected chi connectivity index (χ2v) is 3.52. The van der Waals surface area contributed by atoms with Crippen LogP contribution in [-0.2, 0) is 0 Å². The third kappa shape index (κ3) is 1.86. The highest BCUT2D eigenvalue weighted by atomic mass is 16.4. The van der Waals surface area contributed by atoms with Crippen molar-refractivity contribution in [1.82, 2.24) is 0 Å². The van der Waals surface area contributed by atoms with Crippen molar-refractivity contribution in [2.45, 2.75) is 0 Å². The van der Waals surface area contributed by atoms with Crippen LogP contribution in [0.2, 0.25) is 0 Å². The number of carboxylic acids is 1. The van der Waals surface area contributed by atoms with Crippen molar-refractivity contribution in [2.24, 2.45) is 11.7 Å². The number of hydrogen-bond donors (Lipinski definition) is 5. The Hall–Kier alpha value is -2.31. The number of aromatic carboxylic acids is 1. The van der Waals surface area contributed by atoms with E-state index in [1.165, 1.54) is 0 Å². The molecule has 0 saturated carbocycles. The van der Waals surface area contributed by atoms with Gasteiger partial charge in [0.25, 0.3) is 0 Å². The fourth-order valence-corrected chi connectivity index (χ4v) is 1.77. The SMILES string of the molecule is NNc1ccc2c(C(=O)O)c(NN)ccc2c1. The van der Waals surface area contributed by atoms with E-state index in [9.17, 15) is 9.90 Å². The van der Waals surface area contributed by atoms with Crippen LogP contribution in [0.4, 0.5) is 11.4 Å². The molecule has 88 valence electrons. The Morgan fingerprint density at radius 3 is 2.47 bits per heavy atom. The maximum atomic E-state index is 11.2. The number of anilines is 2. The van der Waals surface area contributed by atoms with E-state index in [-0.39, 0.29) is 5.56 Å². The smallest absolute Gasteiger partial charge is 0.338 e. The average molecular weight is 232 g/mol. The number of carboxylic acid groups (broad SMARTS) is 1. The first-order chi connectivity index (χ1) is 8.17. The first-order valence-corrected chi connectivity index (χ1v) is 4.90. The quantitative estimate of drug-likeness (QED) is 0.400. The zero-order valence-corrected chi connectivity index (χ0v) is 8.90. The number of benzene rings is 2. The molecule has 0 aliphatic carbocycles. The third-order valence-corrected chi connectivity index (χ3v) is 2.56. The van der Waals surface area contributed by atoms with Crippen molar-refractivity contribution in [3.8, 4) is 0 Å². The van der Waals surface area contributed by atoms with E-state index < -0.39 is 5.97 Å². The molecule has 17 heavy (non-hydrogen) atoms. The lowest BCUT2D eigenvalue weighted by molar-refractivity contribution is 0.0700. The van der Waals surface area contributed by atoms with Crippen LogP contribution in [0.1, 0.15) is 10.4 Å². The minimum Gasteiger partial charge on any atom is -0.478 e. The first-order valence-electron chi connectivity index (χ1n) is 4.90. The van der Waals surface area contributed by atoms with Crippen LogP contribution in [0.15, 0.2) is 30.3 Å². The molecular weight excluding hydrogens is 220 g/mol. The lowest BCUT2D eigenvalue weighted by atomic mass is 10.0. The lowest BCUT2D eigenvalue weighted by Gasteiger charge is -2.10. The lowest BCUT2D eigenvalue weighted by Crippen LogP contribution is -2.12. The summed E-state index contributed by atoms with van der Waals surface area (Å²) in [6.07, 6.45) is 0. The maximum Gasteiger partial charge on any atom is 0.338 e. The van der Waals surface area contributed by atoms with Gasteiger partial charge in [0.2, 0.25) is 0 Å². The summed E-state index contributed by atoms with van der Waals surface area (Å²) in [4.78, 5) is 11.2. The zero-order valence-electron chi connectivity index (χ0n) is 8.90. The zero-order chi connectivity index (χ0) is 12.4. The van der Waals surface area contributed by atoms with Crippen molar-refractivity contribution < 1.29 is 9.90 Å². The Morgan fingerprint density at radius 1 is 1.12 bits per heavy atom. The highest BCUT2D eigenvalue weighted by Crippen LogP contribution is 2.27. The molecule has 6 nitrogen and oxygen atoms in total. The van der Waals surface area contributed by atoms with Gasteiger partial charge in [-0.15, -0.1) is 0 Å². The molecule has 0 spiro atoms. The molecule has 0 aliphatic rings. The van der Waals surface area contributed by atoms with Gasteiger partial charge >= 0.3 is 5.97 Å². The molecule has 2 aromatic rings. The third-order valence-electron chi connectivity index (χ3n) is 2.56. The summed E-state index contributed by atoms with van der Waals surface area (Å²) in [7, 11) is 0. The molecule has 0 unspecified atom stereocenters. The summed E-state index contributed by atoms with van der Waals surface area (Å²) in [5.74, 6) is 9.56. The minimum atomic E-state index is -1.03. The number of rotatable bonds is 3. The van der Waals surface area contributed by atoms with Gasteiger partial charge in [-0.2, -0.15) is 0 Å². The summed E-state index contributed by atoms with van der Waals surface area (Å²) in [6, 6.07) is 8.55. The number of hydrogen-bond acceptors (Lipinski definition) is 5. The molecular formula is C11H12N4O2. The predicted octanol–water partition coefficient (Wildman–Crippen LogP) is 1.11.